The number of β-amino-alcohol motifs (C(OH)–C–C–N with tert-alkyl or cyclic N) is 1. The highest BCUT2D eigenvalue weighted by molar-refractivity contribution is 5.83. The van der Waals surface area contributed by atoms with E-state index < -0.39 is 24.1 Å². The SMILES string of the molecule is CC(C)N(C)CCCNC(=O)N1CC(O)C[C@H]1C(=O)O. The molecule has 0 aliphatic carbocycles. The first-order valence-electron chi connectivity index (χ1n) is 6.98. The van der Waals surface area contributed by atoms with Gasteiger partial charge < -0.3 is 25.3 Å². The number of carbonyl (C=O) groups excluding carboxylic acids is 1. The summed E-state index contributed by atoms with van der Waals surface area (Å²) in [6.45, 7) is 5.63. The van der Waals surface area contributed by atoms with E-state index in [9.17, 15) is 14.7 Å². The van der Waals surface area contributed by atoms with Crippen molar-refractivity contribution >= 4 is 12.0 Å². The lowest BCUT2D eigenvalue weighted by atomic mass is 10.2. The van der Waals surface area contributed by atoms with E-state index in [-0.39, 0.29) is 13.0 Å². The first-order valence-corrected chi connectivity index (χ1v) is 6.98. The Morgan fingerprint density at radius 3 is 2.65 bits per heavy atom. The van der Waals surface area contributed by atoms with Crippen molar-refractivity contribution < 1.29 is 19.8 Å². The van der Waals surface area contributed by atoms with Gasteiger partial charge in [-0.25, -0.2) is 9.59 Å². The number of nitrogens with one attached hydrogen (secondary N) is 1. The van der Waals surface area contributed by atoms with Crippen molar-refractivity contribution in [3.63, 3.8) is 0 Å². The maximum Gasteiger partial charge on any atom is 0.326 e. The smallest absolute Gasteiger partial charge is 0.326 e. The topological polar surface area (TPSA) is 93.1 Å². The van der Waals surface area contributed by atoms with Crippen LogP contribution in [-0.4, -0.2) is 76.9 Å². The summed E-state index contributed by atoms with van der Waals surface area (Å²) in [7, 11) is 2.02. The lowest BCUT2D eigenvalue weighted by Gasteiger charge is -2.23. The molecule has 1 rings (SSSR count). The van der Waals surface area contributed by atoms with Gasteiger partial charge in [0, 0.05) is 25.6 Å². The van der Waals surface area contributed by atoms with Gasteiger partial charge in [0.25, 0.3) is 0 Å². The average molecular weight is 287 g/mol. The Morgan fingerprint density at radius 1 is 1.45 bits per heavy atom. The summed E-state index contributed by atoms with van der Waals surface area (Å²) in [6.07, 6.45) is 0.141. The van der Waals surface area contributed by atoms with Crippen molar-refractivity contribution in [1.82, 2.24) is 15.1 Å². The molecule has 0 aromatic carbocycles. The molecule has 1 heterocycles. The molecule has 0 spiro atoms. The van der Waals surface area contributed by atoms with E-state index in [1.807, 2.05) is 7.05 Å². The number of aliphatic hydroxyl groups is 1. The number of carbonyl (C=O) groups is 2. The van der Waals surface area contributed by atoms with E-state index in [4.69, 9.17) is 5.11 Å². The number of aliphatic hydroxyl groups excluding tert-OH is 1. The molecule has 1 saturated heterocycles. The van der Waals surface area contributed by atoms with Crippen LogP contribution < -0.4 is 5.32 Å². The number of nitrogens with zero attached hydrogens (tertiary/aromatic N) is 2. The fraction of sp³-hybridized carbons (Fsp3) is 0.846. The summed E-state index contributed by atoms with van der Waals surface area (Å²) < 4.78 is 0. The highest BCUT2D eigenvalue weighted by Crippen LogP contribution is 2.17. The molecule has 1 aliphatic rings. The predicted octanol–water partition coefficient (Wildman–Crippen LogP) is -0.0539. The number of urea groups is 1. The maximum atomic E-state index is 11.9. The van der Waals surface area contributed by atoms with Crippen LogP contribution in [0.25, 0.3) is 0 Å². The van der Waals surface area contributed by atoms with Crippen LogP contribution in [0.3, 0.4) is 0 Å². The predicted molar refractivity (Wildman–Crippen MR) is 74.5 cm³/mol. The number of rotatable bonds is 6. The van der Waals surface area contributed by atoms with E-state index in [1.165, 1.54) is 4.90 Å². The van der Waals surface area contributed by atoms with Crippen LogP contribution in [0.15, 0.2) is 0 Å². The Kier molecular flexibility index (Phi) is 6.22. The molecular weight excluding hydrogens is 262 g/mol. The van der Waals surface area contributed by atoms with Gasteiger partial charge in [0.1, 0.15) is 6.04 Å². The minimum absolute atomic E-state index is 0.0781. The van der Waals surface area contributed by atoms with E-state index in [2.05, 4.69) is 24.1 Å². The number of amides is 2. The van der Waals surface area contributed by atoms with E-state index in [1.54, 1.807) is 0 Å². The first-order chi connectivity index (χ1) is 9.32. The molecule has 3 N–H and O–H groups in total. The quantitative estimate of drug-likeness (QED) is 0.595. The minimum atomic E-state index is -1.07. The third kappa shape index (κ3) is 4.64. The first kappa shape index (κ1) is 16.7. The molecule has 7 nitrogen and oxygen atoms in total. The van der Waals surface area contributed by atoms with Gasteiger partial charge in [-0.05, 0) is 33.9 Å². The largest absolute Gasteiger partial charge is 0.480 e. The van der Waals surface area contributed by atoms with Crippen molar-refractivity contribution in [3.05, 3.63) is 0 Å². The van der Waals surface area contributed by atoms with Gasteiger partial charge >= 0.3 is 12.0 Å². The summed E-state index contributed by atoms with van der Waals surface area (Å²) in [5.41, 5.74) is 0. The van der Waals surface area contributed by atoms with Crippen LogP contribution in [-0.2, 0) is 4.79 Å². The molecule has 1 fully saturated rings. The molecular formula is C13H25N3O4. The molecule has 1 unspecified atom stereocenters. The summed E-state index contributed by atoms with van der Waals surface area (Å²) in [5, 5.41) is 21.2. The molecule has 0 bridgehead atoms. The molecule has 0 aromatic heterocycles. The van der Waals surface area contributed by atoms with Crippen LogP contribution in [0, 0.1) is 0 Å². The Labute approximate surface area is 119 Å². The van der Waals surface area contributed by atoms with Gasteiger partial charge in [-0.2, -0.15) is 0 Å². The van der Waals surface area contributed by atoms with E-state index >= 15 is 0 Å². The van der Waals surface area contributed by atoms with Crippen LogP contribution in [0.1, 0.15) is 26.7 Å². The van der Waals surface area contributed by atoms with Crippen molar-refractivity contribution in [2.45, 2.75) is 44.9 Å². The summed E-state index contributed by atoms with van der Waals surface area (Å²) in [4.78, 5) is 26.3. The summed E-state index contributed by atoms with van der Waals surface area (Å²) in [5.74, 6) is -1.07. The standard InChI is InChI=1S/C13H25N3O4/c1-9(2)15(3)6-4-5-14-13(20)16-8-10(17)7-11(16)12(18)19/h9-11,17H,4-8H2,1-3H3,(H,14,20)(H,18,19)/t10?,11-/m0/s1. The monoisotopic (exact) mass is 287 g/mol. The van der Waals surface area contributed by atoms with Gasteiger partial charge in [-0.15, -0.1) is 0 Å². The van der Waals surface area contributed by atoms with Gasteiger partial charge in [0.05, 0.1) is 6.10 Å². The number of hydrogen-bond acceptors (Lipinski definition) is 4. The lowest BCUT2D eigenvalue weighted by Crippen LogP contribution is -2.46. The molecule has 7 heteroatoms. The van der Waals surface area contributed by atoms with Crippen LogP contribution in [0.2, 0.25) is 0 Å². The van der Waals surface area contributed by atoms with E-state index in [0.29, 0.717) is 12.6 Å². The van der Waals surface area contributed by atoms with Crippen LogP contribution in [0.5, 0.6) is 0 Å². The Morgan fingerprint density at radius 2 is 2.10 bits per heavy atom. The highest BCUT2D eigenvalue weighted by Gasteiger charge is 2.38. The molecule has 2 atom stereocenters. The second-order valence-corrected chi connectivity index (χ2v) is 5.56. The Balaban J connectivity index is 2.33. The number of hydrogen-bond donors (Lipinski definition) is 3. The van der Waals surface area contributed by atoms with Gasteiger partial charge in [-0.1, -0.05) is 0 Å². The third-order valence-electron chi connectivity index (χ3n) is 3.67. The third-order valence-corrected chi connectivity index (χ3v) is 3.67. The second-order valence-electron chi connectivity index (χ2n) is 5.56. The van der Waals surface area contributed by atoms with Crippen molar-refractivity contribution in [2.24, 2.45) is 0 Å². The van der Waals surface area contributed by atoms with Crippen LogP contribution in [0.4, 0.5) is 4.79 Å². The number of carboxylic acid groups (broad SMARTS) is 1. The number of likely N-dealkylation sites (tertiary alicyclic amines) is 1. The molecule has 20 heavy (non-hydrogen) atoms. The molecule has 1 aliphatic heterocycles. The fourth-order valence-corrected chi connectivity index (χ4v) is 2.16. The highest BCUT2D eigenvalue weighted by atomic mass is 16.4. The van der Waals surface area contributed by atoms with Crippen molar-refractivity contribution in [3.8, 4) is 0 Å². The average Bonchev–Trinajstić information content (AvgIpc) is 2.76. The Bertz CT molecular complexity index is 349. The van der Waals surface area contributed by atoms with Crippen molar-refractivity contribution in [2.75, 3.05) is 26.7 Å². The number of carboxylic acids is 1. The zero-order chi connectivity index (χ0) is 15.3. The van der Waals surface area contributed by atoms with Gasteiger partial charge in [-0.3, -0.25) is 0 Å². The number of aliphatic carboxylic acids is 1. The molecule has 0 saturated carbocycles. The summed E-state index contributed by atoms with van der Waals surface area (Å²) >= 11 is 0. The zero-order valence-corrected chi connectivity index (χ0v) is 12.4. The molecule has 116 valence electrons. The summed E-state index contributed by atoms with van der Waals surface area (Å²) in [6, 6.07) is -0.889. The minimum Gasteiger partial charge on any atom is -0.480 e. The lowest BCUT2D eigenvalue weighted by molar-refractivity contribution is -0.141. The molecule has 2 amide bonds. The van der Waals surface area contributed by atoms with Gasteiger partial charge in [0.2, 0.25) is 0 Å². The van der Waals surface area contributed by atoms with E-state index in [0.717, 1.165) is 13.0 Å². The van der Waals surface area contributed by atoms with Gasteiger partial charge in [0.15, 0.2) is 0 Å². The van der Waals surface area contributed by atoms with Crippen LogP contribution >= 0.6 is 0 Å². The Hall–Kier alpha value is -1.34. The maximum absolute atomic E-state index is 11.9. The normalized spacial score (nSPS) is 22.6. The van der Waals surface area contributed by atoms with Crippen molar-refractivity contribution in [1.29, 1.82) is 0 Å². The molecule has 0 aromatic rings. The fourth-order valence-electron chi connectivity index (χ4n) is 2.16. The molecule has 0 radical (unpaired) electrons. The zero-order valence-electron chi connectivity index (χ0n) is 12.4. The second kappa shape index (κ2) is 7.44.